The molecule has 0 fully saturated rings. The molecule has 1 aromatic heterocycles. The Morgan fingerprint density at radius 2 is 2.09 bits per heavy atom. The van der Waals surface area contributed by atoms with Crippen LogP contribution < -0.4 is 0 Å². The summed E-state index contributed by atoms with van der Waals surface area (Å²) in [5, 5.41) is 2.08. The summed E-state index contributed by atoms with van der Waals surface area (Å²) < 4.78 is 0. The number of rotatable bonds is 1. The van der Waals surface area contributed by atoms with Gasteiger partial charge in [-0.1, -0.05) is 30.3 Å². The predicted octanol–water partition coefficient (Wildman–Crippen LogP) is 3.22. The predicted molar refractivity (Wildman–Crippen MR) is 48.6 cm³/mol. The molecule has 0 nitrogen and oxygen atoms in total. The zero-order chi connectivity index (χ0) is 7.52. The van der Waals surface area contributed by atoms with Crippen LogP contribution in [0, 0.1) is 6.07 Å². The van der Waals surface area contributed by atoms with Crippen LogP contribution in [0.15, 0.2) is 41.8 Å². The molecule has 0 atom stereocenters. The first-order valence-electron chi connectivity index (χ1n) is 3.47. The molecule has 1 heterocycles. The molecule has 2 rings (SSSR count). The first-order valence-corrected chi connectivity index (χ1v) is 4.35. The van der Waals surface area contributed by atoms with Crippen LogP contribution in [0.3, 0.4) is 0 Å². The molecule has 0 bridgehead atoms. The van der Waals surface area contributed by atoms with Crippen molar-refractivity contribution in [1.82, 2.24) is 0 Å². The smallest absolute Gasteiger partial charge is 0.0348 e. The highest BCUT2D eigenvalue weighted by molar-refractivity contribution is 7.13. The van der Waals surface area contributed by atoms with Crippen LogP contribution in [-0.4, -0.2) is 0 Å². The van der Waals surface area contributed by atoms with E-state index in [9.17, 15) is 0 Å². The van der Waals surface area contributed by atoms with E-state index in [1.165, 1.54) is 10.4 Å². The van der Waals surface area contributed by atoms with E-state index in [0.29, 0.717) is 0 Å². The normalized spacial score (nSPS) is 9.82. The van der Waals surface area contributed by atoms with Crippen LogP contribution in [0.25, 0.3) is 10.4 Å². The van der Waals surface area contributed by atoms with Crippen molar-refractivity contribution in [3.8, 4) is 10.4 Å². The van der Waals surface area contributed by atoms with E-state index in [0.717, 1.165) is 0 Å². The Bertz CT molecular complexity index is 308. The summed E-state index contributed by atoms with van der Waals surface area (Å²) >= 11 is 1.74. The van der Waals surface area contributed by atoms with Crippen LogP contribution in [0.4, 0.5) is 0 Å². The molecule has 0 aliphatic heterocycles. The van der Waals surface area contributed by atoms with E-state index in [1.54, 1.807) is 11.3 Å². The van der Waals surface area contributed by atoms with Crippen molar-refractivity contribution in [3.05, 3.63) is 47.8 Å². The molecule has 0 aliphatic rings. The quantitative estimate of drug-likeness (QED) is 0.599. The Morgan fingerprint density at radius 3 is 2.73 bits per heavy atom. The lowest BCUT2D eigenvalue weighted by Gasteiger charge is -1.92. The lowest BCUT2D eigenvalue weighted by Crippen LogP contribution is -1.68. The van der Waals surface area contributed by atoms with Gasteiger partial charge in [0.25, 0.3) is 0 Å². The third kappa shape index (κ3) is 1.33. The molecule has 0 unspecified atom stereocenters. The van der Waals surface area contributed by atoms with Crippen molar-refractivity contribution < 1.29 is 0 Å². The molecule has 0 saturated heterocycles. The number of hydrogen-bond acceptors (Lipinski definition) is 1. The van der Waals surface area contributed by atoms with Gasteiger partial charge in [-0.2, -0.15) is 0 Å². The van der Waals surface area contributed by atoms with Gasteiger partial charge in [-0.3, -0.25) is 0 Å². The number of hydrogen-bond donors (Lipinski definition) is 0. The minimum absolute atomic E-state index is 1.18. The standard InChI is InChI=1S/C10H7S/c1-2-5-9(6-3-1)10-7-4-8-11-10/h1-5,7-8H. The van der Waals surface area contributed by atoms with Gasteiger partial charge in [0.1, 0.15) is 0 Å². The first kappa shape index (κ1) is 6.62. The van der Waals surface area contributed by atoms with Gasteiger partial charge in [0.2, 0.25) is 0 Å². The van der Waals surface area contributed by atoms with Crippen molar-refractivity contribution in [2.45, 2.75) is 0 Å². The maximum absolute atomic E-state index is 3.18. The van der Waals surface area contributed by atoms with Crippen LogP contribution in [0.1, 0.15) is 0 Å². The average molecular weight is 159 g/mol. The Morgan fingerprint density at radius 1 is 1.09 bits per heavy atom. The molecule has 0 amide bonds. The summed E-state index contributed by atoms with van der Waals surface area (Å²) in [6, 6.07) is 15.4. The second-order valence-electron chi connectivity index (χ2n) is 2.25. The molecule has 2 aromatic rings. The highest BCUT2D eigenvalue weighted by Gasteiger charge is 1.94. The molecular formula is C10H7S. The van der Waals surface area contributed by atoms with Crippen molar-refractivity contribution in [2.24, 2.45) is 0 Å². The zero-order valence-electron chi connectivity index (χ0n) is 5.95. The molecule has 1 aromatic carbocycles. The molecule has 53 valence electrons. The summed E-state index contributed by atoms with van der Waals surface area (Å²) in [6.07, 6.45) is 0. The Kier molecular flexibility index (Phi) is 1.74. The van der Waals surface area contributed by atoms with Crippen molar-refractivity contribution in [2.75, 3.05) is 0 Å². The fraction of sp³-hybridized carbons (Fsp3) is 0. The Hall–Kier alpha value is -1.08. The van der Waals surface area contributed by atoms with Gasteiger partial charge in [-0.05, 0) is 23.1 Å². The van der Waals surface area contributed by atoms with Crippen molar-refractivity contribution >= 4 is 11.3 Å². The number of thiophene rings is 1. The second-order valence-corrected chi connectivity index (χ2v) is 3.20. The molecule has 1 heteroatoms. The maximum atomic E-state index is 3.18. The molecular weight excluding hydrogens is 152 g/mol. The fourth-order valence-electron chi connectivity index (χ4n) is 0.978. The van der Waals surface area contributed by atoms with Gasteiger partial charge >= 0.3 is 0 Å². The minimum atomic E-state index is 1.18. The highest BCUT2D eigenvalue weighted by atomic mass is 32.1. The van der Waals surface area contributed by atoms with E-state index < -0.39 is 0 Å². The van der Waals surface area contributed by atoms with Gasteiger partial charge in [-0.15, -0.1) is 11.3 Å². The van der Waals surface area contributed by atoms with E-state index in [1.807, 2.05) is 18.2 Å². The maximum Gasteiger partial charge on any atom is 0.0348 e. The van der Waals surface area contributed by atoms with E-state index in [-0.39, 0.29) is 0 Å². The summed E-state index contributed by atoms with van der Waals surface area (Å²) in [7, 11) is 0. The third-order valence-electron chi connectivity index (χ3n) is 1.50. The Labute approximate surface area is 70.1 Å². The largest absolute Gasteiger partial charge is 0.144 e. The van der Waals surface area contributed by atoms with Crippen LogP contribution >= 0.6 is 11.3 Å². The molecule has 0 spiro atoms. The molecule has 0 saturated carbocycles. The average Bonchev–Trinajstić information content (AvgIpc) is 2.58. The highest BCUT2D eigenvalue weighted by Crippen LogP contribution is 2.22. The lowest BCUT2D eigenvalue weighted by molar-refractivity contribution is 1.68. The van der Waals surface area contributed by atoms with Crippen LogP contribution in [0.5, 0.6) is 0 Å². The van der Waals surface area contributed by atoms with Gasteiger partial charge in [0, 0.05) is 4.88 Å². The summed E-state index contributed by atoms with van der Waals surface area (Å²) in [6.45, 7) is 0. The molecule has 0 N–H and O–H groups in total. The Balaban J connectivity index is 2.46. The monoisotopic (exact) mass is 159 g/mol. The molecule has 11 heavy (non-hydrogen) atoms. The minimum Gasteiger partial charge on any atom is -0.144 e. The summed E-state index contributed by atoms with van der Waals surface area (Å²) in [5.41, 5.74) is 1.18. The van der Waals surface area contributed by atoms with E-state index >= 15 is 0 Å². The molecule has 0 aliphatic carbocycles. The lowest BCUT2D eigenvalue weighted by atomic mass is 10.2. The summed E-state index contributed by atoms with van der Waals surface area (Å²) in [4.78, 5) is 1.28. The molecule has 1 radical (unpaired) electrons. The van der Waals surface area contributed by atoms with Crippen LogP contribution in [0.2, 0.25) is 0 Å². The van der Waals surface area contributed by atoms with Gasteiger partial charge in [0.05, 0.1) is 0 Å². The fourth-order valence-corrected chi connectivity index (χ4v) is 1.69. The van der Waals surface area contributed by atoms with Crippen molar-refractivity contribution in [1.29, 1.82) is 0 Å². The SMILES string of the molecule is [c]1ccccc1-c1cccs1. The zero-order valence-corrected chi connectivity index (χ0v) is 6.77. The van der Waals surface area contributed by atoms with E-state index in [4.69, 9.17) is 0 Å². The number of benzene rings is 1. The van der Waals surface area contributed by atoms with Crippen LogP contribution in [-0.2, 0) is 0 Å². The van der Waals surface area contributed by atoms with Gasteiger partial charge < -0.3 is 0 Å². The van der Waals surface area contributed by atoms with Gasteiger partial charge in [0.15, 0.2) is 0 Å². The topological polar surface area (TPSA) is 0 Å². The third-order valence-corrected chi connectivity index (χ3v) is 2.40. The van der Waals surface area contributed by atoms with Crippen molar-refractivity contribution in [3.63, 3.8) is 0 Å². The van der Waals surface area contributed by atoms with Gasteiger partial charge in [-0.25, -0.2) is 0 Å². The second kappa shape index (κ2) is 2.89. The first-order chi connectivity index (χ1) is 5.47. The summed E-state index contributed by atoms with van der Waals surface area (Å²) in [5.74, 6) is 0. The van der Waals surface area contributed by atoms with E-state index in [2.05, 4.69) is 29.6 Å².